The summed E-state index contributed by atoms with van der Waals surface area (Å²) < 4.78 is 16.3. The summed E-state index contributed by atoms with van der Waals surface area (Å²) in [5.41, 5.74) is 1.92. The van der Waals surface area contributed by atoms with E-state index in [1.54, 1.807) is 26.0 Å². The van der Waals surface area contributed by atoms with Crippen LogP contribution in [0.25, 0.3) is 0 Å². The summed E-state index contributed by atoms with van der Waals surface area (Å²) in [4.78, 5) is 26.9. The van der Waals surface area contributed by atoms with Crippen molar-refractivity contribution in [2.45, 2.75) is 32.4 Å². The van der Waals surface area contributed by atoms with Crippen LogP contribution in [0.4, 0.5) is 0 Å². The Bertz CT molecular complexity index is 882. The minimum atomic E-state index is -0.579. The number of amides is 2. The van der Waals surface area contributed by atoms with Crippen LogP contribution in [0.5, 0.6) is 17.2 Å². The zero-order valence-corrected chi connectivity index (χ0v) is 17.6. The summed E-state index contributed by atoms with van der Waals surface area (Å²) in [7, 11) is 3.18. The van der Waals surface area contributed by atoms with E-state index >= 15 is 0 Å². The van der Waals surface area contributed by atoms with E-state index in [4.69, 9.17) is 14.2 Å². The van der Waals surface area contributed by atoms with Gasteiger partial charge in [-0.2, -0.15) is 0 Å². The van der Waals surface area contributed by atoms with Crippen molar-refractivity contribution in [3.63, 3.8) is 0 Å². The van der Waals surface area contributed by atoms with Crippen LogP contribution in [-0.4, -0.2) is 50.1 Å². The number of hydrogen-bond donors (Lipinski definition) is 1. The van der Waals surface area contributed by atoms with E-state index in [0.717, 1.165) is 22.6 Å². The van der Waals surface area contributed by atoms with Gasteiger partial charge in [-0.25, -0.2) is 0 Å². The standard InChI is InChI=1S/C23H28N2O5/c1-16(23(27)24-2)25(15-18-4-8-19(28-3)9-5-18)22(26)11-7-17-6-10-20-21(14-17)30-13-12-29-20/h4-6,8-10,14,16H,7,11-13,15H2,1-3H3,(H,24,27)/t16-/m1/s1. The van der Waals surface area contributed by atoms with Crippen molar-refractivity contribution < 1.29 is 23.8 Å². The number of carbonyl (C=O) groups is 2. The highest BCUT2D eigenvalue weighted by Gasteiger charge is 2.25. The normalized spacial score (nSPS) is 13.3. The molecule has 0 radical (unpaired) electrons. The first-order valence-electron chi connectivity index (χ1n) is 10.0. The maximum atomic E-state index is 13.1. The Balaban J connectivity index is 1.70. The Morgan fingerprint density at radius 3 is 2.40 bits per heavy atom. The molecule has 160 valence electrons. The molecule has 0 saturated heterocycles. The van der Waals surface area contributed by atoms with Gasteiger partial charge in [-0.15, -0.1) is 0 Å². The monoisotopic (exact) mass is 412 g/mol. The van der Waals surface area contributed by atoms with Gasteiger partial charge in [0.25, 0.3) is 0 Å². The van der Waals surface area contributed by atoms with Crippen LogP contribution in [0, 0.1) is 0 Å². The van der Waals surface area contributed by atoms with Gasteiger partial charge in [0.2, 0.25) is 11.8 Å². The first-order chi connectivity index (χ1) is 14.5. The molecular formula is C23H28N2O5. The third-order valence-corrected chi connectivity index (χ3v) is 5.16. The van der Waals surface area contributed by atoms with Crippen LogP contribution in [0.2, 0.25) is 0 Å². The second-order valence-electron chi connectivity index (χ2n) is 7.14. The van der Waals surface area contributed by atoms with Gasteiger partial charge >= 0.3 is 0 Å². The van der Waals surface area contributed by atoms with Crippen LogP contribution >= 0.6 is 0 Å². The molecule has 1 aliphatic rings. The second-order valence-corrected chi connectivity index (χ2v) is 7.14. The molecule has 3 rings (SSSR count). The summed E-state index contributed by atoms with van der Waals surface area (Å²) in [5, 5.41) is 2.63. The third kappa shape index (κ3) is 5.23. The molecule has 2 aromatic rings. The summed E-state index contributed by atoms with van der Waals surface area (Å²) in [6.45, 7) is 3.15. The minimum absolute atomic E-state index is 0.0863. The van der Waals surface area contributed by atoms with Gasteiger partial charge in [-0.05, 0) is 48.7 Å². The van der Waals surface area contributed by atoms with Gasteiger partial charge in [0.1, 0.15) is 25.0 Å². The number of benzene rings is 2. The van der Waals surface area contributed by atoms with E-state index in [-0.39, 0.29) is 18.2 Å². The number of fused-ring (bicyclic) bond motifs is 1. The maximum Gasteiger partial charge on any atom is 0.242 e. The molecule has 30 heavy (non-hydrogen) atoms. The third-order valence-electron chi connectivity index (χ3n) is 5.16. The molecule has 2 amide bonds. The van der Waals surface area contributed by atoms with Gasteiger partial charge in [0.05, 0.1) is 7.11 Å². The Labute approximate surface area is 176 Å². The Kier molecular flexibility index (Phi) is 7.17. The largest absolute Gasteiger partial charge is 0.497 e. The van der Waals surface area contributed by atoms with Crippen LogP contribution in [0.1, 0.15) is 24.5 Å². The van der Waals surface area contributed by atoms with Crippen molar-refractivity contribution in [3.05, 3.63) is 53.6 Å². The van der Waals surface area contributed by atoms with Gasteiger partial charge in [0, 0.05) is 20.0 Å². The van der Waals surface area contributed by atoms with Crippen LogP contribution in [0.3, 0.4) is 0 Å². The van der Waals surface area contributed by atoms with E-state index in [1.807, 2.05) is 42.5 Å². The molecule has 1 aliphatic heterocycles. The van der Waals surface area contributed by atoms with Crippen molar-refractivity contribution in [1.82, 2.24) is 10.2 Å². The Morgan fingerprint density at radius 1 is 1.07 bits per heavy atom. The number of rotatable bonds is 8. The fourth-order valence-electron chi connectivity index (χ4n) is 3.36. The van der Waals surface area contributed by atoms with Gasteiger partial charge < -0.3 is 24.4 Å². The summed E-state index contributed by atoms with van der Waals surface area (Å²) >= 11 is 0. The number of methoxy groups -OCH3 is 1. The van der Waals surface area contributed by atoms with Crippen molar-refractivity contribution in [2.24, 2.45) is 0 Å². The minimum Gasteiger partial charge on any atom is -0.497 e. The fraction of sp³-hybridized carbons (Fsp3) is 0.391. The molecule has 0 aliphatic carbocycles. The first kappa shape index (κ1) is 21.5. The quantitative estimate of drug-likeness (QED) is 0.721. The molecule has 0 spiro atoms. The lowest BCUT2D eigenvalue weighted by Gasteiger charge is -2.28. The summed E-state index contributed by atoms with van der Waals surface area (Å²) in [6, 6.07) is 12.6. The van der Waals surface area contributed by atoms with Crippen LogP contribution < -0.4 is 19.5 Å². The number of ether oxygens (including phenoxy) is 3. The molecule has 0 unspecified atom stereocenters. The van der Waals surface area contributed by atoms with Crippen molar-refractivity contribution in [2.75, 3.05) is 27.4 Å². The molecule has 7 heteroatoms. The van der Waals surface area contributed by atoms with Gasteiger partial charge in [-0.1, -0.05) is 18.2 Å². The van der Waals surface area contributed by atoms with E-state index in [2.05, 4.69) is 5.32 Å². The van der Waals surface area contributed by atoms with Crippen molar-refractivity contribution in [3.8, 4) is 17.2 Å². The zero-order valence-electron chi connectivity index (χ0n) is 17.6. The van der Waals surface area contributed by atoms with Crippen LogP contribution in [-0.2, 0) is 22.6 Å². The van der Waals surface area contributed by atoms with Crippen molar-refractivity contribution >= 4 is 11.8 Å². The van der Waals surface area contributed by atoms with E-state index < -0.39 is 6.04 Å². The predicted octanol–water partition coefficient (Wildman–Crippen LogP) is 2.56. The molecular weight excluding hydrogens is 384 g/mol. The zero-order chi connectivity index (χ0) is 21.5. The number of likely N-dealkylation sites (N-methyl/N-ethyl adjacent to an activating group) is 1. The summed E-state index contributed by atoms with van der Waals surface area (Å²) in [5.74, 6) is 1.90. The van der Waals surface area contributed by atoms with E-state index in [1.165, 1.54) is 0 Å². The molecule has 1 N–H and O–H groups in total. The average molecular weight is 412 g/mol. The number of aryl methyl sites for hydroxylation is 1. The molecule has 0 saturated carbocycles. The van der Waals surface area contributed by atoms with Gasteiger partial charge in [-0.3, -0.25) is 9.59 Å². The summed E-state index contributed by atoms with van der Waals surface area (Å²) in [6.07, 6.45) is 0.839. The molecule has 7 nitrogen and oxygen atoms in total. The fourth-order valence-corrected chi connectivity index (χ4v) is 3.36. The highest BCUT2D eigenvalue weighted by atomic mass is 16.6. The van der Waals surface area contributed by atoms with Gasteiger partial charge in [0.15, 0.2) is 11.5 Å². The van der Waals surface area contributed by atoms with E-state index in [0.29, 0.717) is 31.9 Å². The second kappa shape index (κ2) is 10.0. The number of hydrogen-bond acceptors (Lipinski definition) is 5. The SMILES string of the molecule is CNC(=O)[C@@H](C)N(Cc1ccc(OC)cc1)C(=O)CCc1ccc2c(c1)OCCO2. The number of nitrogens with zero attached hydrogens (tertiary/aromatic N) is 1. The molecule has 2 aromatic carbocycles. The number of carbonyl (C=O) groups excluding carboxylic acids is 2. The first-order valence-corrected chi connectivity index (χ1v) is 10.0. The lowest BCUT2D eigenvalue weighted by molar-refractivity contribution is -0.140. The Hall–Kier alpha value is -3.22. The van der Waals surface area contributed by atoms with Crippen molar-refractivity contribution in [1.29, 1.82) is 0 Å². The smallest absolute Gasteiger partial charge is 0.242 e. The molecule has 1 atom stereocenters. The van der Waals surface area contributed by atoms with Crippen LogP contribution in [0.15, 0.2) is 42.5 Å². The Morgan fingerprint density at radius 2 is 1.73 bits per heavy atom. The molecule has 1 heterocycles. The van der Waals surface area contributed by atoms with E-state index in [9.17, 15) is 9.59 Å². The highest BCUT2D eigenvalue weighted by molar-refractivity contribution is 5.87. The average Bonchev–Trinajstić information content (AvgIpc) is 2.80. The lowest BCUT2D eigenvalue weighted by Crippen LogP contribution is -2.46. The highest BCUT2D eigenvalue weighted by Crippen LogP contribution is 2.31. The maximum absolute atomic E-state index is 13.1. The predicted molar refractivity (Wildman–Crippen MR) is 113 cm³/mol. The molecule has 0 aromatic heterocycles. The topological polar surface area (TPSA) is 77.1 Å². The molecule has 0 bridgehead atoms. The molecule has 0 fully saturated rings. The lowest BCUT2D eigenvalue weighted by atomic mass is 10.1. The number of nitrogens with one attached hydrogen (secondary N) is 1.